The third kappa shape index (κ3) is 3.63. The number of nitrogens with zero attached hydrogens (tertiary/aromatic N) is 1. The topological polar surface area (TPSA) is 42.4 Å². The van der Waals surface area contributed by atoms with Crippen molar-refractivity contribution in [3.8, 4) is 5.75 Å². The van der Waals surface area contributed by atoms with Crippen molar-refractivity contribution in [2.45, 2.75) is 91.1 Å². The Morgan fingerprint density at radius 2 is 1.97 bits per heavy atom. The summed E-state index contributed by atoms with van der Waals surface area (Å²) in [5.41, 5.74) is 3.64. The van der Waals surface area contributed by atoms with Gasteiger partial charge >= 0.3 is 0 Å². The molecule has 3 fully saturated rings. The summed E-state index contributed by atoms with van der Waals surface area (Å²) >= 11 is 0. The summed E-state index contributed by atoms with van der Waals surface area (Å²) in [5.74, 6) is 5.02. The SMILES string of the molecule is COc1ccc(CCC(C)[C@H]2CC[C@H]3[C@@H]4CC=C5C[C@@H](O)CC[C@]5(C)[C@H]4CC[C@]23C)nc1. The van der Waals surface area contributed by atoms with Gasteiger partial charge in [0, 0.05) is 5.69 Å². The average molecular weight is 438 g/mol. The minimum atomic E-state index is -0.100. The van der Waals surface area contributed by atoms with Gasteiger partial charge in [0.05, 0.1) is 19.4 Å². The van der Waals surface area contributed by atoms with Crippen LogP contribution in [0.25, 0.3) is 0 Å². The second kappa shape index (κ2) is 8.46. The van der Waals surface area contributed by atoms with Crippen LogP contribution in [0.5, 0.6) is 5.75 Å². The molecule has 32 heavy (non-hydrogen) atoms. The van der Waals surface area contributed by atoms with Gasteiger partial charge in [0.1, 0.15) is 5.75 Å². The monoisotopic (exact) mass is 437 g/mol. The summed E-state index contributed by atoms with van der Waals surface area (Å²) in [6.45, 7) is 7.71. The number of hydrogen-bond donors (Lipinski definition) is 1. The number of aryl methyl sites for hydroxylation is 1. The van der Waals surface area contributed by atoms with E-state index in [1.54, 1.807) is 12.7 Å². The van der Waals surface area contributed by atoms with Crippen LogP contribution in [0.4, 0.5) is 0 Å². The van der Waals surface area contributed by atoms with E-state index in [0.717, 1.165) is 54.6 Å². The highest BCUT2D eigenvalue weighted by Gasteiger charge is 2.59. The lowest BCUT2D eigenvalue weighted by atomic mass is 9.47. The predicted octanol–water partition coefficient (Wildman–Crippen LogP) is 6.60. The summed E-state index contributed by atoms with van der Waals surface area (Å²) in [4.78, 5) is 4.60. The van der Waals surface area contributed by atoms with E-state index in [2.05, 4.69) is 37.9 Å². The fourth-order valence-corrected chi connectivity index (χ4v) is 8.87. The Labute approximate surface area is 195 Å². The van der Waals surface area contributed by atoms with E-state index in [1.807, 2.05) is 12.3 Å². The molecule has 176 valence electrons. The highest BCUT2D eigenvalue weighted by molar-refractivity contribution is 5.25. The molecule has 1 aromatic heterocycles. The number of fused-ring (bicyclic) bond motifs is 5. The lowest BCUT2D eigenvalue weighted by Crippen LogP contribution is -2.50. The first-order chi connectivity index (χ1) is 15.3. The molecule has 0 aromatic carbocycles. The van der Waals surface area contributed by atoms with E-state index in [-0.39, 0.29) is 6.10 Å². The van der Waals surface area contributed by atoms with Crippen molar-refractivity contribution < 1.29 is 9.84 Å². The molecular weight excluding hydrogens is 394 g/mol. The molecule has 3 heteroatoms. The fourth-order valence-electron chi connectivity index (χ4n) is 8.87. The molecular formula is C29H43NO2. The van der Waals surface area contributed by atoms with Crippen LogP contribution in [0.2, 0.25) is 0 Å². The molecule has 1 aromatic rings. The number of aliphatic hydroxyl groups excluding tert-OH is 1. The number of allylic oxidation sites excluding steroid dienone is 1. The largest absolute Gasteiger partial charge is 0.495 e. The summed E-state index contributed by atoms with van der Waals surface area (Å²) in [6.07, 6.45) is 16.6. The first kappa shape index (κ1) is 22.4. The minimum Gasteiger partial charge on any atom is -0.495 e. The molecule has 4 aliphatic rings. The lowest BCUT2D eigenvalue weighted by Gasteiger charge is -2.58. The van der Waals surface area contributed by atoms with Crippen molar-refractivity contribution >= 4 is 0 Å². The molecule has 1 N–H and O–H groups in total. The fraction of sp³-hybridized carbons (Fsp3) is 0.759. The molecule has 4 aliphatic carbocycles. The Balaban J connectivity index is 1.28. The molecule has 0 aliphatic heterocycles. The highest BCUT2D eigenvalue weighted by atomic mass is 16.5. The molecule has 8 atom stereocenters. The van der Waals surface area contributed by atoms with Gasteiger partial charge in [0.25, 0.3) is 0 Å². The van der Waals surface area contributed by atoms with Gasteiger partial charge in [-0.2, -0.15) is 0 Å². The smallest absolute Gasteiger partial charge is 0.137 e. The molecule has 3 nitrogen and oxygen atoms in total. The molecule has 0 amide bonds. The zero-order valence-corrected chi connectivity index (χ0v) is 20.6. The minimum absolute atomic E-state index is 0.100. The number of hydrogen-bond acceptors (Lipinski definition) is 3. The molecule has 0 saturated heterocycles. The van der Waals surface area contributed by atoms with Gasteiger partial charge in [-0.05, 0) is 117 Å². The quantitative estimate of drug-likeness (QED) is 0.528. The maximum absolute atomic E-state index is 10.3. The summed E-state index contributed by atoms with van der Waals surface area (Å²) in [6, 6.07) is 4.17. The van der Waals surface area contributed by atoms with Crippen LogP contribution in [-0.4, -0.2) is 23.3 Å². The Hall–Kier alpha value is -1.35. The van der Waals surface area contributed by atoms with Crippen LogP contribution in [0, 0.1) is 40.4 Å². The maximum atomic E-state index is 10.3. The van der Waals surface area contributed by atoms with Gasteiger partial charge < -0.3 is 9.84 Å². The molecule has 1 heterocycles. The first-order valence-corrected chi connectivity index (χ1v) is 13.2. The molecule has 0 bridgehead atoms. The summed E-state index contributed by atoms with van der Waals surface area (Å²) < 4.78 is 5.26. The van der Waals surface area contributed by atoms with Crippen LogP contribution in [0.3, 0.4) is 0 Å². The summed E-state index contributed by atoms with van der Waals surface area (Å²) in [7, 11) is 1.70. The van der Waals surface area contributed by atoms with E-state index in [1.165, 1.54) is 50.6 Å². The average Bonchev–Trinajstić information content (AvgIpc) is 3.15. The Kier molecular flexibility index (Phi) is 5.93. The van der Waals surface area contributed by atoms with Gasteiger partial charge in [-0.1, -0.05) is 32.4 Å². The zero-order valence-electron chi connectivity index (χ0n) is 20.6. The van der Waals surface area contributed by atoms with E-state index in [9.17, 15) is 5.11 Å². The van der Waals surface area contributed by atoms with Crippen LogP contribution in [-0.2, 0) is 6.42 Å². The Morgan fingerprint density at radius 1 is 1.12 bits per heavy atom. The van der Waals surface area contributed by atoms with Gasteiger partial charge in [-0.25, -0.2) is 0 Å². The standard InChI is InChI=1S/C29H43NO2/c1-19(5-7-21-8-9-23(32-4)18-30-21)25-11-12-26-24-10-6-20-17-22(31)13-15-28(20,2)27(24)14-16-29(25,26)3/h6,8-9,18-19,22,24-27,31H,5,7,10-17H2,1-4H3/t19?,22-,24-,25+,26-,27-,28-,29+/m0/s1. The van der Waals surface area contributed by atoms with E-state index in [0.29, 0.717) is 10.8 Å². The first-order valence-electron chi connectivity index (χ1n) is 13.2. The number of ether oxygens (including phenoxy) is 1. The Bertz CT molecular complexity index is 847. The zero-order chi connectivity index (χ0) is 22.5. The van der Waals surface area contributed by atoms with Crippen LogP contribution in [0.1, 0.15) is 84.3 Å². The number of pyridine rings is 1. The van der Waals surface area contributed by atoms with Crippen molar-refractivity contribution in [1.29, 1.82) is 0 Å². The van der Waals surface area contributed by atoms with Crippen LogP contribution >= 0.6 is 0 Å². The van der Waals surface area contributed by atoms with Crippen molar-refractivity contribution in [1.82, 2.24) is 4.98 Å². The summed E-state index contributed by atoms with van der Waals surface area (Å²) in [5, 5.41) is 10.3. The number of aromatic nitrogens is 1. The molecule has 0 radical (unpaired) electrons. The maximum Gasteiger partial charge on any atom is 0.137 e. The third-order valence-corrected chi connectivity index (χ3v) is 10.7. The predicted molar refractivity (Wildman–Crippen MR) is 129 cm³/mol. The van der Waals surface area contributed by atoms with E-state index >= 15 is 0 Å². The molecule has 5 rings (SSSR count). The second-order valence-electron chi connectivity index (χ2n) is 12.1. The molecule has 3 saturated carbocycles. The van der Waals surface area contributed by atoms with Crippen molar-refractivity contribution in [2.75, 3.05) is 7.11 Å². The van der Waals surface area contributed by atoms with Gasteiger partial charge in [0.2, 0.25) is 0 Å². The lowest BCUT2D eigenvalue weighted by molar-refractivity contribution is -0.0571. The second-order valence-corrected chi connectivity index (χ2v) is 12.1. The van der Waals surface area contributed by atoms with Crippen molar-refractivity contribution in [2.24, 2.45) is 40.4 Å². The van der Waals surface area contributed by atoms with E-state index < -0.39 is 0 Å². The van der Waals surface area contributed by atoms with Gasteiger partial charge in [0.15, 0.2) is 0 Å². The number of aliphatic hydroxyl groups is 1. The highest BCUT2D eigenvalue weighted by Crippen LogP contribution is 2.67. The van der Waals surface area contributed by atoms with Crippen LogP contribution in [0.15, 0.2) is 30.0 Å². The molecule has 0 spiro atoms. The number of methoxy groups -OCH3 is 1. The number of rotatable bonds is 5. The van der Waals surface area contributed by atoms with Crippen molar-refractivity contribution in [3.05, 3.63) is 35.7 Å². The van der Waals surface area contributed by atoms with Crippen molar-refractivity contribution in [3.63, 3.8) is 0 Å². The van der Waals surface area contributed by atoms with Gasteiger partial charge in [-0.3, -0.25) is 4.98 Å². The van der Waals surface area contributed by atoms with Gasteiger partial charge in [-0.15, -0.1) is 0 Å². The molecule has 1 unspecified atom stereocenters. The van der Waals surface area contributed by atoms with E-state index in [4.69, 9.17) is 4.74 Å². The Morgan fingerprint density at radius 3 is 2.72 bits per heavy atom. The normalized spacial score (nSPS) is 41.8. The third-order valence-electron chi connectivity index (χ3n) is 10.7. The van der Waals surface area contributed by atoms with Crippen LogP contribution < -0.4 is 4.74 Å².